The third kappa shape index (κ3) is 3.85. The molecule has 0 saturated carbocycles. The van der Waals surface area contributed by atoms with Gasteiger partial charge in [-0.25, -0.2) is 4.79 Å². The topological polar surface area (TPSA) is 75.7 Å². The molecular formula is C16H20N2O4S. The average Bonchev–Trinajstić information content (AvgIpc) is 2.77. The van der Waals surface area contributed by atoms with Crippen molar-refractivity contribution in [2.24, 2.45) is 0 Å². The van der Waals surface area contributed by atoms with E-state index < -0.39 is 23.4 Å². The first kappa shape index (κ1) is 17.3. The predicted molar refractivity (Wildman–Crippen MR) is 87.0 cm³/mol. The lowest BCUT2D eigenvalue weighted by atomic mass is 9.99. The van der Waals surface area contributed by atoms with Crippen LogP contribution in [0.25, 0.3) is 0 Å². The average molecular weight is 336 g/mol. The van der Waals surface area contributed by atoms with E-state index in [0.717, 1.165) is 15.4 Å². The van der Waals surface area contributed by atoms with Gasteiger partial charge in [0, 0.05) is 4.90 Å². The molecule has 2 rings (SSSR count). The molecule has 6 nitrogen and oxygen atoms in total. The van der Waals surface area contributed by atoms with Gasteiger partial charge in [-0.3, -0.25) is 14.5 Å². The number of benzene rings is 1. The molecular weight excluding hydrogens is 316 g/mol. The minimum atomic E-state index is -0.939. The number of imide groups is 1. The normalized spacial score (nSPS) is 20.6. The molecule has 0 unspecified atom stereocenters. The molecule has 1 aliphatic heterocycles. The SMILES string of the molecule is CC[C@]1(C)NC(=O)N(CC(=O)OCc2ccc(SC)cc2)C1=O. The van der Waals surface area contributed by atoms with Crippen molar-refractivity contribution in [1.82, 2.24) is 10.2 Å². The number of amides is 3. The standard InChI is InChI=1S/C16H20N2O4S/c1-4-16(2)14(20)18(15(21)17-16)9-13(19)22-10-11-5-7-12(23-3)8-6-11/h5-8H,4,9-10H2,1-3H3,(H,17,21)/t16-/m0/s1. The first-order chi connectivity index (χ1) is 10.9. The van der Waals surface area contributed by atoms with Crippen molar-refractivity contribution in [3.05, 3.63) is 29.8 Å². The number of esters is 1. The summed E-state index contributed by atoms with van der Waals surface area (Å²) >= 11 is 1.63. The van der Waals surface area contributed by atoms with Gasteiger partial charge in [0.15, 0.2) is 0 Å². The molecule has 1 aromatic rings. The summed E-state index contributed by atoms with van der Waals surface area (Å²) < 4.78 is 5.14. The number of urea groups is 1. The Kier molecular flexibility index (Phi) is 5.30. The van der Waals surface area contributed by atoms with Gasteiger partial charge >= 0.3 is 12.0 Å². The Labute approximate surface area is 139 Å². The Morgan fingerprint density at radius 3 is 2.48 bits per heavy atom. The van der Waals surface area contributed by atoms with Crippen LogP contribution < -0.4 is 5.32 Å². The van der Waals surface area contributed by atoms with Gasteiger partial charge in [0.2, 0.25) is 0 Å². The second-order valence-corrected chi connectivity index (χ2v) is 6.40. The smallest absolute Gasteiger partial charge is 0.326 e. The van der Waals surface area contributed by atoms with Gasteiger partial charge in [-0.2, -0.15) is 0 Å². The van der Waals surface area contributed by atoms with Gasteiger partial charge in [-0.1, -0.05) is 19.1 Å². The van der Waals surface area contributed by atoms with Crippen LogP contribution in [0.5, 0.6) is 0 Å². The van der Waals surface area contributed by atoms with E-state index in [1.54, 1.807) is 25.6 Å². The quantitative estimate of drug-likeness (QED) is 0.489. The molecule has 7 heteroatoms. The monoisotopic (exact) mass is 336 g/mol. The maximum Gasteiger partial charge on any atom is 0.326 e. The maximum atomic E-state index is 12.2. The third-order valence-electron chi connectivity index (χ3n) is 3.90. The Hall–Kier alpha value is -2.02. The van der Waals surface area contributed by atoms with Crippen LogP contribution in [-0.2, 0) is 20.9 Å². The fourth-order valence-electron chi connectivity index (χ4n) is 2.19. The molecule has 1 aliphatic rings. The fraction of sp³-hybridized carbons (Fsp3) is 0.438. The van der Waals surface area contributed by atoms with E-state index in [-0.39, 0.29) is 13.2 Å². The molecule has 1 saturated heterocycles. The summed E-state index contributed by atoms with van der Waals surface area (Å²) in [7, 11) is 0. The lowest BCUT2D eigenvalue weighted by molar-refractivity contribution is -0.148. The van der Waals surface area contributed by atoms with E-state index in [2.05, 4.69) is 5.32 Å². The predicted octanol–water partition coefficient (Wildman–Crippen LogP) is 2.17. The molecule has 3 amide bonds. The summed E-state index contributed by atoms with van der Waals surface area (Å²) in [5.41, 5.74) is -0.0860. The second kappa shape index (κ2) is 7.04. The zero-order valence-electron chi connectivity index (χ0n) is 13.4. The molecule has 0 aromatic heterocycles. The summed E-state index contributed by atoms with van der Waals surface area (Å²) in [5, 5.41) is 2.60. The number of carbonyl (C=O) groups excluding carboxylic acids is 3. The Balaban J connectivity index is 1.89. The highest BCUT2D eigenvalue weighted by Gasteiger charge is 2.47. The van der Waals surface area contributed by atoms with Gasteiger partial charge in [0.1, 0.15) is 18.7 Å². The number of hydrogen-bond donors (Lipinski definition) is 1. The van der Waals surface area contributed by atoms with Crippen molar-refractivity contribution < 1.29 is 19.1 Å². The zero-order valence-corrected chi connectivity index (χ0v) is 14.2. The molecule has 0 bridgehead atoms. The van der Waals surface area contributed by atoms with Crippen LogP contribution in [0.4, 0.5) is 4.79 Å². The molecule has 124 valence electrons. The number of hydrogen-bond acceptors (Lipinski definition) is 5. The van der Waals surface area contributed by atoms with Crippen molar-refractivity contribution in [3.63, 3.8) is 0 Å². The third-order valence-corrected chi connectivity index (χ3v) is 4.64. The highest BCUT2D eigenvalue weighted by Crippen LogP contribution is 2.20. The first-order valence-corrected chi connectivity index (χ1v) is 8.54. The van der Waals surface area contributed by atoms with Crippen molar-refractivity contribution in [3.8, 4) is 0 Å². The Morgan fingerprint density at radius 2 is 1.96 bits per heavy atom. The van der Waals surface area contributed by atoms with Crippen LogP contribution >= 0.6 is 11.8 Å². The molecule has 1 N–H and O–H groups in total. The maximum absolute atomic E-state index is 12.2. The number of thioether (sulfide) groups is 1. The molecule has 1 fully saturated rings. The van der Waals surface area contributed by atoms with Crippen LogP contribution in [0.1, 0.15) is 25.8 Å². The number of rotatable bonds is 6. The van der Waals surface area contributed by atoms with Crippen molar-refractivity contribution >= 4 is 29.7 Å². The lowest BCUT2D eigenvalue weighted by Gasteiger charge is -2.18. The molecule has 0 spiro atoms. The largest absolute Gasteiger partial charge is 0.459 e. The van der Waals surface area contributed by atoms with Gasteiger partial charge in [-0.15, -0.1) is 11.8 Å². The Morgan fingerprint density at radius 1 is 1.30 bits per heavy atom. The molecule has 1 atom stereocenters. The van der Waals surface area contributed by atoms with E-state index in [1.165, 1.54) is 0 Å². The van der Waals surface area contributed by atoms with E-state index in [9.17, 15) is 14.4 Å². The number of nitrogens with zero attached hydrogens (tertiary/aromatic N) is 1. The molecule has 1 heterocycles. The summed E-state index contributed by atoms with van der Waals surface area (Å²) in [5.74, 6) is -1.01. The number of nitrogens with one attached hydrogen (secondary N) is 1. The highest BCUT2D eigenvalue weighted by molar-refractivity contribution is 7.98. The molecule has 0 radical (unpaired) electrons. The Bertz CT molecular complexity index is 617. The van der Waals surface area contributed by atoms with Crippen LogP contribution in [0.2, 0.25) is 0 Å². The summed E-state index contributed by atoms with van der Waals surface area (Å²) in [6.07, 6.45) is 2.45. The molecule has 0 aliphatic carbocycles. The van der Waals surface area contributed by atoms with Gasteiger partial charge in [0.25, 0.3) is 5.91 Å². The number of ether oxygens (including phenoxy) is 1. The summed E-state index contributed by atoms with van der Waals surface area (Å²) in [6.45, 7) is 3.19. The fourth-order valence-corrected chi connectivity index (χ4v) is 2.60. The number of carbonyl (C=O) groups is 3. The van der Waals surface area contributed by atoms with Crippen molar-refractivity contribution in [2.45, 2.75) is 37.3 Å². The van der Waals surface area contributed by atoms with Gasteiger partial charge < -0.3 is 10.1 Å². The van der Waals surface area contributed by atoms with Crippen LogP contribution in [0.3, 0.4) is 0 Å². The van der Waals surface area contributed by atoms with Gasteiger partial charge in [0.05, 0.1) is 0 Å². The van der Waals surface area contributed by atoms with E-state index in [4.69, 9.17) is 4.74 Å². The summed E-state index contributed by atoms with van der Waals surface area (Å²) in [4.78, 5) is 37.9. The zero-order chi connectivity index (χ0) is 17.0. The minimum Gasteiger partial charge on any atom is -0.459 e. The molecule has 1 aromatic carbocycles. The molecule has 23 heavy (non-hydrogen) atoms. The minimum absolute atomic E-state index is 0.113. The second-order valence-electron chi connectivity index (χ2n) is 5.52. The highest BCUT2D eigenvalue weighted by atomic mass is 32.2. The van der Waals surface area contributed by atoms with Crippen molar-refractivity contribution in [2.75, 3.05) is 12.8 Å². The van der Waals surface area contributed by atoms with Crippen LogP contribution in [-0.4, -0.2) is 41.1 Å². The van der Waals surface area contributed by atoms with Crippen LogP contribution in [0.15, 0.2) is 29.2 Å². The summed E-state index contributed by atoms with van der Waals surface area (Å²) in [6, 6.07) is 7.08. The first-order valence-electron chi connectivity index (χ1n) is 7.32. The van der Waals surface area contributed by atoms with Crippen molar-refractivity contribution in [1.29, 1.82) is 0 Å². The van der Waals surface area contributed by atoms with E-state index in [0.29, 0.717) is 6.42 Å². The van der Waals surface area contributed by atoms with E-state index >= 15 is 0 Å². The lowest BCUT2D eigenvalue weighted by Crippen LogP contribution is -2.43. The van der Waals surface area contributed by atoms with E-state index in [1.807, 2.05) is 30.5 Å². The van der Waals surface area contributed by atoms with Gasteiger partial charge in [-0.05, 0) is 37.3 Å². The van der Waals surface area contributed by atoms with Crippen LogP contribution in [0, 0.1) is 0 Å².